The number of carbonyl (C=O) groups is 1. The van der Waals surface area contributed by atoms with Crippen LogP contribution in [-0.4, -0.2) is 20.9 Å². The maximum absolute atomic E-state index is 13.2. The number of rotatable bonds is 4. The molecule has 1 heterocycles. The van der Waals surface area contributed by atoms with E-state index in [1.807, 2.05) is 56.3 Å². The molecule has 3 aromatic carbocycles. The van der Waals surface area contributed by atoms with Crippen LogP contribution in [0.3, 0.4) is 0 Å². The molecule has 148 valence electrons. The van der Waals surface area contributed by atoms with Gasteiger partial charge in [-0.25, -0.2) is 8.42 Å². The highest BCUT2D eigenvalue weighted by Gasteiger charge is 2.35. The molecule has 0 aliphatic carbocycles. The summed E-state index contributed by atoms with van der Waals surface area (Å²) < 4.78 is 27.7. The molecule has 1 aliphatic heterocycles. The van der Waals surface area contributed by atoms with Crippen molar-refractivity contribution in [3.8, 4) is 11.1 Å². The highest BCUT2D eigenvalue weighted by molar-refractivity contribution is 7.93. The molecule has 5 nitrogen and oxygen atoms in total. The van der Waals surface area contributed by atoms with Gasteiger partial charge in [-0.15, -0.1) is 0 Å². The first-order valence-corrected chi connectivity index (χ1v) is 10.9. The summed E-state index contributed by atoms with van der Waals surface area (Å²) in [6.07, 6.45) is 0. The Morgan fingerprint density at radius 1 is 0.931 bits per heavy atom. The molecule has 1 atom stereocenters. The highest BCUT2D eigenvalue weighted by Crippen LogP contribution is 2.42. The maximum atomic E-state index is 13.2. The number of hydrogen-bond acceptors (Lipinski definition) is 3. The smallest absolute Gasteiger partial charge is 0.265 e. The van der Waals surface area contributed by atoms with Crippen LogP contribution < -0.4 is 9.62 Å². The van der Waals surface area contributed by atoms with E-state index >= 15 is 0 Å². The Morgan fingerprint density at radius 2 is 1.55 bits per heavy atom. The molecule has 0 aromatic heterocycles. The van der Waals surface area contributed by atoms with E-state index in [9.17, 15) is 13.2 Å². The Hall–Kier alpha value is -3.12. The number of benzene rings is 3. The number of carbonyl (C=O) groups excluding carboxylic acids is 1. The van der Waals surface area contributed by atoms with E-state index in [1.165, 1.54) is 4.31 Å². The van der Waals surface area contributed by atoms with Crippen LogP contribution in [0, 0.1) is 6.92 Å². The summed E-state index contributed by atoms with van der Waals surface area (Å²) in [5.74, 6) is -0.351. The lowest BCUT2D eigenvalue weighted by Crippen LogP contribution is -2.43. The minimum Gasteiger partial charge on any atom is -0.348 e. The van der Waals surface area contributed by atoms with Crippen LogP contribution in [0.25, 0.3) is 11.1 Å². The van der Waals surface area contributed by atoms with Crippen LogP contribution in [0.1, 0.15) is 24.1 Å². The first kappa shape index (κ1) is 19.2. The Labute approximate surface area is 171 Å². The number of fused-ring (bicyclic) bond motifs is 3. The molecule has 4 rings (SSSR count). The molecule has 0 fully saturated rings. The SMILES string of the molecule is Cc1ccc([C@@H](C)NC(=O)CN2c3ccccc3-c3ccccc3S2(=O)=O)cc1. The summed E-state index contributed by atoms with van der Waals surface area (Å²) in [6.45, 7) is 3.62. The van der Waals surface area contributed by atoms with Gasteiger partial charge in [0.2, 0.25) is 5.91 Å². The number of amides is 1. The van der Waals surface area contributed by atoms with Gasteiger partial charge in [0, 0.05) is 11.1 Å². The second-order valence-electron chi connectivity index (χ2n) is 7.22. The summed E-state index contributed by atoms with van der Waals surface area (Å²) in [7, 11) is -3.82. The van der Waals surface area contributed by atoms with Crippen molar-refractivity contribution in [2.45, 2.75) is 24.8 Å². The second-order valence-corrected chi connectivity index (χ2v) is 9.06. The fourth-order valence-electron chi connectivity index (χ4n) is 3.61. The first-order chi connectivity index (χ1) is 13.9. The number of anilines is 1. The summed E-state index contributed by atoms with van der Waals surface area (Å²) in [5.41, 5.74) is 4.09. The molecule has 0 unspecified atom stereocenters. The lowest BCUT2D eigenvalue weighted by atomic mass is 10.0. The van der Waals surface area contributed by atoms with Crippen molar-refractivity contribution >= 4 is 21.6 Å². The summed E-state index contributed by atoms with van der Waals surface area (Å²) in [4.78, 5) is 13.0. The molecule has 1 amide bonds. The van der Waals surface area contributed by atoms with Gasteiger partial charge < -0.3 is 5.32 Å². The number of para-hydroxylation sites is 1. The van der Waals surface area contributed by atoms with Gasteiger partial charge in [0.25, 0.3) is 10.0 Å². The van der Waals surface area contributed by atoms with Crippen LogP contribution in [-0.2, 0) is 14.8 Å². The van der Waals surface area contributed by atoms with E-state index < -0.39 is 10.0 Å². The molecule has 0 saturated carbocycles. The molecular formula is C23H22N2O3S. The topological polar surface area (TPSA) is 66.5 Å². The number of hydrogen-bond donors (Lipinski definition) is 1. The van der Waals surface area contributed by atoms with Crippen LogP contribution in [0.4, 0.5) is 5.69 Å². The van der Waals surface area contributed by atoms with E-state index in [0.717, 1.165) is 16.7 Å². The average molecular weight is 407 g/mol. The van der Waals surface area contributed by atoms with E-state index in [0.29, 0.717) is 11.3 Å². The highest BCUT2D eigenvalue weighted by atomic mass is 32.2. The number of nitrogens with one attached hydrogen (secondary N) is 1. The molecule has 29 heavy (non-hydrogen) atoms. The lowest BCUT2D eigenvalue weighted by molar-refractivity contribution is -0.120. The standard InChI is InChI=1S/C23H22N2O3S/c1-16-11-13-18(14-12-16)17(2)24-23(26)15-25-21-9-5-3-7-19(21)20-8-4-6-10-22(20)29(25,27)28/h3-14,17H,15H2,1-2H3,(H,24,26)/t17-/m1/s1. The summed E-state index contributed by atoms with van der Waals surface area (Å²) in [6, 6.07) is 21.8. The predicted octanol–water partition coefficient (Wildman–Crippen LogP) is 4.05. The third-order valence-electron chi connectivity index (χ3n) is 5.16. The van der Waals surface area contributed by atoms with Gasteiger partial charge in [-0.1, -0.05) is 66.2 Å². The molecular weight excluding hydrogens is 384 g/mol. The molecule has 1 N–H and O–H groups in total. The van der Waals surface area contributed by atoms with E-state index in [2.05, 4.69) is 5.32 Å². The number of aryl methyl sites for hydroxylation is 1. The lowest BCUT2D eigenvalue weighted by Gasteiger charge is -2.31. The molecule has 6 heteroatoms. The fraction of sp³-hybridized carbons (Fsp3) is 0.174. The van der Waals surface area contributed by atoms with Crippen LogP contribution in [0.2, 0.25) is 0 Å². The van der Waals surface area contributed by atoms with Crippen molar-refractivity contribution in [2.24, 2.45) is 0 Å². The van der Waals surface area contributed by atoms with Gasteiger partial charge in [-0.3, -0.25) is 9.10 Å². The molecule has 0 saturated heterocycles. The van der Waals surface area contributed by atoms with Gasteiger partial charge in [-0.05, 0) is 31.5 Å². The molecule has 0 radical (unpaired) electrons. The zero-order valence-corrected chi connectivity index (χ0v) is 17.1. The Balaban J connectivity index is 1.63. The minimum atomic E-state index is -3.82. The maximum Gasteiger partial charge on any atom is 0.265 e. The van der Waals surface area contributed by atoms with Gasteiger partial charge in [-0.2, -0.15) is 0 Å². The van der Waals surface area contributed by atoms with Crippen molar-refractivity contribution in [3.63, 3.8) is 0 Å². The minimum absolute atomic E-state index is 0.220. The summed E-state index contributed by atoms with van der Waals surface area (Å²) in [5, 5.41) is 2.91. The average Bonchev–Trinajstić information content (AvgIpc) is 2.72. The van der Waals surface area contributed by atoms with Crippen molar-refractivity contribution in [1.82, 2.24) is 5.32 Å². The third kappa shape index (κ3) is 3.51. The van der Waals surface area contributed by atoms with Crippen LogP contribution in [0.5, 0.6) is 0 Å². The van der Waals surface area contributed by atoms with Gasteiger partial charge >= 0.3 is 0 Å². The number of nitrogens with zero attached hydrogens (tertiary/aromatic N) is 1. The van der Waals surface area contributed by atoms with Crippen molar-refractivity contribution in [3.05, 3.63) is 83.9 Å². The molecule has 0 bridgehead atoms. The van der Waals surface area contributed by atoms with Gasteiger partial charge in [0.1, 0.15) is 6.54 Å². The van der Waals surface area contributed by atoms with Crippen molar-refractivity contribution < 1.29 is 13.2 Å². The second kappa shape index (κ2) is 7.37. The summed E-state index contributed by atoms with van der Waals surface area (Å²) >= 11 is 0. The van der Waals surface area contributed by atoms with Gasteiger partial charge in [0.15, 0.2) is 0 Å². The fourth-order valence-corrected chi connectivity index (χ4v) is 5.26. The van der Waals surface area contributed by atoms with Crippen molar-refractivity contribution in [1.29, 1.82) is 0 Å². The van der Waals surface area contributed by atoms with Crippen LogP contribution in [0.15, 0.2) is 77.7 Å². The monoisotopic (exact) mass is 406 g/mol. The third-order valence-corrected chi connectivity index (χ3v) is 6.98. The predicted molar refractivity (Wildman–Crippen MR) is 114 cm³/mol. The zero-order valence-electron chi connectivity index (χ0n) is 16.3. The van der Waals surface area contributed by atoms with E-state index in [-0.39, 0.29) is 23.4 Å². The Bertz CT molecular complexity index is 1170. The Kier molecular flexibility index (Phi) is 4.88. The van der Waals surface area contributed by atoms with E-state index in [1.54, 1.807) is 30.3 Å². The first-order valence-electron chi connectivity index (χ1n) is 9.45. The van der Waals surface area contributed by atoms with Crippen molar-refractivity contribution in [2.75, 3.05) is 10.8 Å². The van der Waals surface area contributed by atoms with Gasteiger partial charge in [0.05, 0.1) is 16.6 Å². The Morgan fingerprint density at radius 3 is 2.28 bits per heavy atom. The largest absolute Gasteiger partial charge is 0.348 e. The normalized spacial score (nSPS) is 15.2. The number of sulfonamides is 1. The van der Waals surface area contributed by atoms with E-state index in [4.69, 9.17) is 0 Å². The molecule has 1 aliphatic rings. The zero-order chi connectivity index (χ0) is 20.6. The quantitative estimate of drug-likeness (QED) is 0.711. The van der Waals surface area contributed by atoms with Crippen LogP contribution >= 0.6 is 0 Å². The molecule has 0 spiro atoms. The molecule has 3 aromatic rings.